The standard InChI is InChI=1S/C25H39N7O3/c1-4-17(13-33)24-29-21-19(32(24)12-16-10-8-14(2)9-11-16)20(26-15(3)18-6-5-7-18)27-22(28-21)23-30-25(34)35-31-23/h14-18,23,31,33H,4-13H2,1-3H3,(H,30,34)(H,26,27,28)/t14?,15-,16?,17?,23?/m1/s1. The molecule has 35 heavy (non-hydrogen) atoms. The Bertz CT molecular complexity index is 1040. The van der Waals surface area contributed by atoms with Crippen LogP contribution in [0, 0.1) is 17.8 Å². The molecule has 1 amide bonds. The summed E-state index contributed by atoms with van der Waals surface area (Å²) >= 11 is 0. The lowest BCUT2D eigenvalue weighted by Crippen LogP contribution is -2.32. The lowest BCUT2D eigenvalue weighted by molar-refractivity contribution is 0.120. The monoisotopic (exact) mass is 485 g/mol. The van der Waals surface area contributed by atoms with Gasteiger partial charge in [0.15, 0.2) is 23.5 Å². The Morgan fingerprint density at radius 3 is 2.54 bits per heavy atom. The van der Waals surface area contributed by atoms with Gasteiger partial charge in [-0.15, -0.1) is 5.48 Å². The van der Waals surface area contributed by atoms with E-state index in [2.05, 4.69) is 41.5 Å². The topological polar surface area (TPSA) is 126 Å². The third-order valence-corrected chi connectivity index (χ3v) is 8.32. The SMILES string of the molecule is CCC(CO)c1nc2nc(C3NOC(=O)N3)nc(N[C@H](C)C3CCC3)c2n1CC1CCC(C)CC1. The molecule has 4 N–H and O–H groups in total. The normalized spacial score (nSPS) is 26.7. The number of imidazole rings is 1. The number of hydrogen-bond acceptors (Lipinski definition) is 8. The maximum atomic E-state index is 11.6. The summed E-state index contributed by atoms with van der Waals surface area (Å²) in [5, 5.41) is 16.6. The summed E-state index contributed by atoms with van der Waals surface area (Å²) in [5.74, 6) is 3.92. The average molecular weight is 486 g/mol. The second kappa shape index (κ2) is 10.3. The molecule has 10 nitrogen and oxygen atoms in total. The second-order valence-corrected chi connectivity index (χ2v) is 10.8. The number of aliphatic hydroxyl groups excluding tert-OH is 1. The number of nitrogens with zero attached hydrogens (tertiary/aromatic N) is 4. The summed E-state index contributed by atoms with van der Waals surface area (Å²) in [4.78, 5) is 31.1. The number of amides is 1. The highest BCUT2D eigenvalue weighted by atomic mass is 16.7. The van der Waals surface area contributed by atoms with Gasteiger partial charge in [-0.05, 0) is 56.8 Å². The number of hydroxylamine groups is 1. The molecular formula is C25H39N7O3. The highest BCUT2D eigenvalue weighted by molar-refractivity contribution is 5.84. The van der Waals surface area contributed by atoms with Gasteiger partial charge in [0.25, 0.3) is 0 Å². The molecule has 2 aliphatic carbocycles. The van der Waals surface area contributed by atoms with E-state index in [9.17, 15) is 9.90 Å². The number of nitrogens with one attached hydrogen (secondary N) is 3. The van der Waals surface area contributed by atoms with Crippen molar-refractivity contribution in [3.63, 3.8) is 0 Å². The minimum Gasteiger partial charge on any atom is -0.396 e. The van der Waals surface area contributed by atoms with Crippen molar-refractivity contribution in [2.45, 2.75) is 96.8 Å². The first-order valence-corrected chi connectivity index (χ1v) is 13.3. The zero-order valence-electron chi connectivity index (χ0n) is 21.1. The van der Waals surface area contributed by atoms with Crippen molar-refractivity contribution in [3.8, 4) is 0 Å². The van der Waals surface area contributed by atoms with Gasteiger partial charge in [0.1, 0.15) is 11.3 Å². The van der Waals surface area contributed by atoms with Gasteiger partial charge >= 0.3 is 6.09 Å². The van der Waals surface area contributed by atoms with Gasteiger partial charge in [-0.2, -0.15) is 0 Å². The van der Waals surface area contributed by atoms with Gasteiger partial charge in [0.2, 0.25) is 0 Å². The van der Waals surface area contributed by atoms with Crippen LogP contribution in [0.5, 0.6) is 0 Å². The Morgan fingerprint density at radius 1 is 1.17 bits per heavy atom. The molecule has 0 spiro atoms. The smallest absolute Gasteiger partial charge is 0.396 e. The fraction of sp³-hybridized carbons (Fsp3) is 0.760. The molecule has 0 aromatic carbocycles. The van der Waals surface area contributed by atoms with Gasteiger partial charge in [-0.3, -0.25) is 5.32 Å². The lowest BCUT2D eigenvalue weighted by Gasteiger charge is -2.32. The lowest BCUT2D eigenvalue weighted by atomic mass is 9.80. The minimum atomic E-state index is -0.639. The maximum absolute atomic E-state index is 11.6. The quantitative estimate of drug-likeness (QED) is 0.420. The molecule has 3 aliphatic rings. The summed E-state index contributed by atoms with van der Waals surface area (Å²) in [6.07, 6.45) is 8.21. The Kier molecular flexibility index (Phi) is 7.11. The number of fused-ring (bicyclic) bond motifs is 1. The molecule has 1 saturated heterocycles. The maximum Gasteiger partial charge on any atom is 0.427 e. The van der Waals surface area contributed by atoms with E-state index in [0.717, 1.165) is 36.0 Å². The van der Waals surface area contributed by atoms with E-state index in [4.69, 9.17) is 19.8 Å². The molecule has 10 heteroatoms. The first-order chi connectivity index (χ1) is 17.0. The fourth-order valence-corrected chi connectivity index (χ4v) is 5.64. The molecule has 1 aliphatic heterocycles. The van der Waals surface area contributed by atoms with Gasteiger partial charge in [0.05, 0.1) is 6.61 Å². The van der Waals surface area contributed by atoms with Gasteiger partial charge in [0, 0.05) is 18.5 Å². The summed E-state index contributed by atoms with van der Waals surface area (Å²) in [6.45, 7) is 7.52. The van der Waals surface area contributed by atoms with Crippen LogP contribution >= 0.6 is 0 Å². The van der Waals surface area contributed by atoms with Gasteiger partial charge in [-0.25, -0.2) is 19.7 Å². The first kappa shape index (κ1) is 24.2. The number of aromatic nitrogens is 4. The molecule has 0 radical (unpaired) electrons. The van der Waals surface area contributed by atoms with E-state index < -0.39 is 12.3 Å². The predicted molar refractivity (Wildman–Crippen MR) is 132 cm³/mol. The number of aliphatic hydroxyl groups is 1. The summed E-state index contributed by atoms with van der Waals surface area (Å²) in [5.41, 5.74) is 4.15. The molecule has 3 atom stereocenters. The summed E-state index contributed by atoms with van der Waals surface area (Å²) < 4.78 is 2.27. The van der Waals surface area contributed by atoms with E-state index in [1.165, 1.54) is 44.9 Å². The summed E-state index contributed by atoms with van der Waals surface area (Å²) in [6, 6.07) is 0.263. The van der Waals surface area contributed by atoms with Crippen LogP contribution in [0.4, 0.5) is 10.6 Å². The van der Waals surface area contributed by atoms with Crippen LogP contribution in [0.1, 0.15) is 95.9 Å². The van der Waals surface area contributed by atoms with Crippen LogP contribution in [0.25, 0.3) is 11.2 Å². The Hall–Kier alpha value is -2.46. The van der Waals surface area contributed by atoms with E-state index in [0.29, 0.717) is 23.3 Å². The first-order valence-electron chi connectivity index (χ1n) is 13.3. The van der Waals surface area contributed by atoms with Crippen molar-refractivity contribution < 1.29 is 14.7 Å². The minimum absolute atomic E-state index is 0.0388. The molecule has 5 rings (SSSR count). The van der Waals surface area contributed by atoms with Crippen LogP contribution in [0.2, 0.25) is 0 Å². The highest BCUT2D eigenvalue weighted by Crippen LogP contribution is 2.36. The molecular weight excluding hydrogens is 446 g/mol. The van der Waals surface area contributed by atoms with Crippen LogP contribution in [0.15, 0.2) is 0 Å². The van der Waals surface area contributed by atoms with Crippen molar-refractivity contribution in [2.24, 2.45) is 17.8 Å². The number of anilines is 1. The average Bonchev–Trinajstić information content (AvgIpc) is 3.39. The highest BCUT2D eigenvalue weighted by Gasteiger charge is 2.32. The molecule has 2 unspecified atom stereocenters. The molecule has 2 aromatic rings. The Morgan fingerprint density at radius 2 is 1.94 bits per heavy atom. The van der Waals surface area contributed by atoms with E-state index >= 15 is 0 Å². The van der Waals surface area contributed by atoms with E-state index in [1.54, 1.807) is 0 Å². The van der Waals surface area contributed by atoms with Crippen molar-refractivity contribution in [1.29, 1.82) is 0 Å². The molecule has 0 bridgehead atoms. The van der Waals surface area contributed by atoms with Gasteiger partial charge in [-0.1, -0.05) is 33.1 Å². The molecule has 2 saturated carbocycles. The second-order valence-electron chi connectivity index (χ2n) is 10.8. The van der Waals surface area contributed by atoms with Crippen LogP contribution in [-0.4, -0.2) is 43.4 Å². The third-order valence-electron chi connectivity index (χ3n) is 8.32. The van der Waals surface area contributed by atoms with Crippen molar-refractivity contribution in [2.75, 3.05) is 11.9 Å². The predicted octanol–water partition coefficient (Wildman–Crippen LogP) is 3.98. The Labute approximate surface area is 206 Å². The zero-order chi connectivity index (χ0) is 24.5. The van der Waals surface area contributed by atoms with Crippen LogP contribution in [0.3, 0.4) is 0 Å². The van der Waals surface area contributed by atoms with Crippen molar-refractivity contribution in [3.05, 3.63) is 11.6 Å². The molecule has 192 valence electrons. The van der Waals surface area contributed by atoms with Crippen LogP contribution < -0.4 is 16.1 Å². The Balaban J connectivity index is 1.59. The fourth-order valence-electron chi connectivity index (χ4n) is 5.64. The molecule has 2 aromatic heterocycles. The number of rotatable bonds is 9. The molecule has 3 fully saturated rings. The zero-order valence-corrected chi connectivity index (χ0v) is 21.1. The third kappa shape index (κ3) is 4.95. The number of carbonyl (C=O) groups excluding carboxylic acids is 1. The van der Waals surface area contributed by atoms with E-state index in [-0.39, 0.29) is 18.6 Å². The van der Waals surface area contributed by atoms with E-state index in [1.807, 2.05) is 0 Å². The largest absolute Gasteiger partial charge is 0.427 e. The van der Waals surface area contributed by atoms with Crippen molar-refractivity contribution in [1.82, 2.24) is 30.3 Å². The van der Waals surface area contributed by atoms with Gasteiger partial charge < -0.3 is 19.8 Å². The molecule has 3 heterocycles. The van der Waals surface area contributed by atoms with Crippen molar-refractivity contribution >= 4 is 23.1 Å². The van der Waals surface area contributed by atoms with Crippen LogP contribution in [-0.2, 0) is 11.4 Å². The number of carbonyl (C=O) groups is 1. The number of hydrogen-bond donors (Lipinski definition) is 4. The summed E-state index contributed by atoms with van der Waals surface area (Å²) in [7, 11) is 0.